The average Bonchev–Trinajstić information content (AvgIpc) is 2.89. The number of urea groups is 1. The lowest BCUT2D eigenvalue weighted by atomic mass is 10.1. The zero-order valence-corrected chi connectivity index (χ0v) is 21.1. The zero-order valence-electron chi connectivity index (χ0n) is 20.3. The van der Waals surface area contributed by atoms with E-state index in [1.807, 2.05) is 31.2 Å². The Bertz CT molecular complexity index is 1340. The number of amides is 4. The number of rotatable bonds is 9. The Morgan fingerprint density at radius 3 is 2.30 bits per heavy atom. The molecule has 0 radical (unpaired) electrons. The summed E-state index contributed by atoms with van der Waals surface area (Å²) in [5.74, 6) is 0.218. The second-order valence-electron chi connectivity index (χ2n) is 8.21. The van der Waals surface area contributed by atoms with Gasteiger partial charge in [0.2, 0.25) is 0 Å². The third kappa shape index (κ3) is 6.29. The van der Waals surface area contributed by atoms with E-state index in [9.17, 15) is 14.4 Å². The van der Waals surface area contributed by atoms with Crippen molar-refractivity contribution in [2.75, 3.05) is 25.2 Å². The van der Waals surface area contributed by atoms with E-state index in [4.69, 9.17) is 25.8 Å². The van der Waals surface area contributed by atoms with Crippen LogP contribution in [-0.4, -0.2) is 38.2 Å². The summed E-state index contributed by atoms with van der Waals surface area (Å²) in [6.45, 7) is 2.92. The minimum absolute atomic E-state index is 0.196. The van der Waals surface area contributed by atoms with Crippen molar-refractivity contribution < 1.29 is 28.6 Å². The molecule has 1 N–H and O–H groups in total. The van der Waals surface area contributed by atoms with E-state index >= 15 is 0 Å². The highest BCUT2D eigenvalue weighted by molar-refractivity contribution is 6.39. The molecular formula is C28H25ClN2O6. The normalized spacial score (nSPS) is 14.5. The Hall–Kier alpha value is -4.30. The molecule has 0 aromatic heterocycles. The van der Waals surface area contributed by atoms with Crippen molar-refractivity contribution in [3.05, 3.63) is 88.5 Å². The number of barbiturate groups is 1. The van der Waals surface area contributed by atoms with Crippen LogP contribution in [0.4, 0.5) is 10.5 Å². The fraction of sp³-hybridized carbons (Fsp3) is 0.179. The standard InChI is InChI=1S/C28H25ClN2O6/c1-18-4-11-22(12-5-18)36-14-3-15-37-24-13-6-19(17-25(24)35-2)16-23-26(32)30-28(34)31(27(23)33)21-9-7-20(29)8-10-21/h4-13,16-17H,3,14-15H2,1-2H3,(H,30,32,34). The quantitative estimate of drug-likeness (QED) is 0.237. The monoisotopic (exact) mass is 520 g/mol. The van der Waals surface area contributed by atoms with Gasteiger partial charge < -0.3 is 14.2 Å². The van der Waals surface area contributed by atoms with Crippen LogP contribution in [0.3, 0.4) is 0 Å². The molecule has 0 atom stereocenters. The molecule has 1 aliphatic rings. The molecule has 3 aromatic rings. The molecule has 37 heavy (non-hydrogen) atoms. The van der Waals surface area contributed by atoms with Crippen LogP contribution in [0.15, 0.2) is 72.3 Å². The van der Waals surface area contributed by atoms with E-state index < -0.39 is 17.8 Å². The number of imide groups is 2. The Kier molecular flexibility index (Phi) is 8.10. The molecule has 0 bridgehead atoms. The van der Waals surface area contributed by atoms with Gasteiger partial charge in [-0.05, 0) is 67.1 Å². The van der Waals surface area contributed by atoms with E-state index in [-0.39, 0.29) is 11.3 Å². The highest BCUT2D eigenvalue weighted by atomic mass is 35.5. The number of hydrogen-bond donors (Lipinski definition) is 1. The Morgan fingerprint density at radius 2 is 1.59 bits per heavy atom. The van der Waals surface area contributed by atoms with Crippen LogP contribution < -0.4 is 24.4 Å². The molecule has 0 spiro atoms. The first-order valence-corrected chi connectivity index (χ1v) is 11.9. The van der Waals surface area contributed by atoms with Crippen LogP contribution in [0.2, 0.25) is 5.02 Å². The van der Waals surface area contributed by atoms with Gasteiger partial charge in [-0.15, -0.1) is 0 Å². The summed E-state index contributed by atoms with van der Waals surface area (Å²) in [4.78, 5) is 38.7. The molecule has 8 nitrogen and oxygen atoms in total. The van der Waals surface area contributed by atoms with Gasteiger partial charge in [-0.1, -0.05) is 35.4 Å². The van der Waals surface area contributed by atoms with Crippen molar-refractivity contribution in [2.45, 2.75) is 13.3 Å². The van der Waals surface area contributed by atoms with Crippen molar-refractivity contribution in [1.82, 2.24) is 5.32 Å². The first-order chi connectivity index (χ1) is 17.9. The molecule has 1 aliphatic heterocycles. The average molecular weight is 521 g/mol. The third-order valence-electron chi connectivity index (χ3n) is 5.52. The lowest BCUT2D eigenvalue weighted by molar-refractivity contribution is -0.122. The largest absolute Gasteiger partial charge is 0.493 e. The molecule has 0 unspecified atom stereocenters. The lowest BCUT2D eigenvalue weighted by Gasteiger charge is -2.26. The molecule has 190 valence electrons. The van der Waals surface area contributed by atoms with Crippen LogP contribution in [0, 0.1) is 6.92 Å². The molecule has 0 aliphatic carbocycles. The van der Waals surface area contributed by atoms with Crippen LogP contribution in [0.1, 0.15) is 17.5 Å². The number of aryl methyl sites for hydroxylation is 1. The fourth-order valence-electron chi connectivity index (χ4n) is 3.61. The number of nitrogens with one attached hydrogen (secondary N) is 1. The summed E-state index contributed by atoms with van der Waals surface area (Å²) < 4.78 is 17.0. The van der Waals surface area contributed by atoms with Crippen molar-refractivity contribution in [3.63, 3.8) is 0 Å². The first-order valence-electron chi connectivity index (χ1n) is 11.5. The molecule has 4 rings (SSSR count). The van der Waals surface area contributed by atoms with E-state index in [0.29, 0.717) is 41.7 Å². The summed E-state index contributed by atoms with van der Waals surface area (Å²) in [6.07, 6.45) is 2.06. The Balaban J connectivity index is 1.42. The number of carbonyl (C=O) groups is 3. The van der Waals surface area contributed by atoms with Crippen LogP contribution >= 0.6 is 11.6 Å². The number of carbonyl (C=O) groups excluding carboxylic acids is 3. The van der Waals surface area contributed by atoms with Gasteiger partial charge >= 0.3 is 6.03 Å². The SMILES string of the molecule is COc1cc(C=C2C(=O)NC(=O)N(c3ccc(Cl)cc3)C2=O)ccc1OCCCOc1ccc(C)cc1. The smallest absolute Gasteiger partial charge is 0.335 e. The van der Waals surface area contributed by atoms with E-state index in [0.717, 1.165) is 10.6 Å². The van der Waals surface area contributed by atoms with Gasteiger partial charge in [0.1, 0.15) is 11.3 Å². The van der Waals surface area contributed by atoms with Crippen molar-refractivity contribution >= 4 is 41.2 Å². The number of ether oxygens (including phenoxy) is 3. The van der Waals surface area contributed by atoms with Gasteiger partial charge in [-0.3, -0.25) is 14.9 Å². The third-order valence-corrected chi connectivity index (χ3v) is 5.77. The Morgan fingerprint density at radius 1 is 0.892 bits per heavy atom. The fourth-order valence-corrected chi connectivity index (χ4v) is 3.73. The number of benzene rings is 3. The number of hydrogen-bond acceptors (Lipinski definition) is 6. The van der Waals surface area contributed by atoms with Gasteiger partial charge in [0, 0.05) is 11.4 Å². The Labute approximate surface area is 219 Å². The first kappa shape index (κ1) is 25.8. The second-order valence-corrected chi connectivity index (χ2v) is 8.64. The lowest BCUT2D eigenvalue weighted by Crippen LogP contribution is -2.54. The highest BCUT2D eigenvalue weighted by Crippen LogP contribution is 2.30. The molecule has 4 amide bonds. The van der Waals surface area contributed by atoms with E-state index in [2.05, 4.69) is 5.32 Å². The van der Waals surface area contributed by atoms with E-state index in [1.54, 1.807) is 30.3 Å². The maximum absolute atomic E-state index is 13.1. The zero-order chi connectivity index (χ0) is 26.4. The summed E-state index contributed by atoms with van der Waals surface area (Å²) in [5, 5.41) is 2.65. The van der Waals surface area contributed by atoms with Crippen molar-refractivity contribution in [3.8, 4) is 17.2 Å². The minimum Gasteiger partial charge on any atom is -0.493 e. The van der Waals surface area contributed by atoms with Gasteiger partial charge in [-0.2, -0.15) is 0 Å². The maximum Gasteiger partial charge on any atom is 0.335 e. The van der Waals surface area contributed by atoms with Crippen LogP contribution in [0.25, 0.3) is 6.08 Å². The summed E-state index contributed by atoms with van der Waals surface area (Å²) >= 11 is 5.90. The summed E-state index contributed by atoms with van der Waals surface area (Å²) in [5.41, 5.74) is 1.79. The van der Waals surface area contributed by atoms with Gasteiger partial charge in [0.25, 0.3) is 11.8 Å². The molecule has 3 aromatic carbocycles. The van der Waals surface area contributed by atoms with Crippen LogP contribution in [0.5, 0.6) is 17.2 Å². The van der Waals surface area contributed by atoms with Gasteiger partial charge in [-0.25, -0.2) is 9.69 Å². The number of anilines is 1. The number of methoxy groups -OCH3 is 1. The maximum atomic E-state index is 13.1. The highest BCUT2D eigenvalue weighted by Gasteiger charge is 2.36. The number of halogens is 1. The van der Waals surface area contributed by atoms with Gasteiger partial charge in [0.05, 0.1) is 26.0 Å². The number of nitrogens with zero attached hydrogens (tertiary/aromatic N) is 1. The predicted octanol–water partition coefficient (Wildman–Crippen LogP) is 5.17. The van der Waals surface area contributed by atoms with Crippen LogP contribution in [-0.2, 0) is 9.59 Å². The molecule has 1 heterocycles. The predicted molar refractivity (Wildman–Crippen MR) is 140 cm³/mol. The topological polar surface area (TPSA) is 94.2 Å². The van der Waals surface area contributed by atoms with E-state index in [1.165, 1.54) is 30.9 Å². The van der Waals surface area contributed by atoms with Crippen molar-refractivity contribution in [2.24, 2.45) is 0 Å². The molecular weight excluding hydrogens is 496 g/mol. The molecule has 1 saturated heterocycles. The summed E-state index contributed by atoms with van der Waals surface area (Å²) in [7, 11) is 1.50. The molecule has 9 heteroatoms. The molecule has 0 saturated carbocycles. The summed E-state index contributed by atoms with van der Waals surface area (Å²) in [6, 6.07) is 18.2. The van der Waals surface area contributed by atoms with Gasteiger partial charge in [0.15, 0.2) is 11.5 Å². The minimum atomic E-state index is -0.831. The second kappa shape index (κ2) is 11.6. The molecule has 1 fully saturated rings. The van der Waals surface area contributed by atoms with Crippen molar-refractivity contribution in [1.29, 1.82) is 0 Å².